The number of likely N-dealkylation sites (N-methyl/N-ethyl adjacent to an activating group) is 1. The van der Waals surface area contributed by atoms with Crippen molar-refractivity contribution in [3.05, 3.63) is 58.7 Å². The Hall–Kier alpha value is -3.00. The van der Waals surface area contributed by atoms with Gasteiger partial charge in [0.25, 0.3) is 0 Å². The molecule has 3 heterocycles. The number of benzene rings is 1. The third-order valence-electron chi connectivity index (χ3n) is 7.30. The van der Waals surface area contributed by atoms with Gasteiger partial charge in [-0.1, -0.05) is 20.4 Å². The molecular weight excluding hydrogens is 453 g/mol. The number of hydrogen-bond acceptors (Lipinski definition) is 6. The minimum absolute atomic E-state index is 0.490. The third kappa shape index (κ3) is 5.38. The summed E-state index contributed by atoms with van der Waals surface area (Å²) in [4.78, 5) is 4.25. The molecule has 0 bridgehead atoms. The van der Waals surface area contributed by atoms with Crippen LogP contribution < -0.4 is 15.5 Å². The topological polar surface area (TPSA) is 60.9 Å². The molecule has 0 fully saturated rings. The van der Waals surface area contributed by atoms with E-state index in [9.17, 15) is 9.80 Å². The van der Waals surface area contributed by atoms with Gasteiger partial charge in [0.05, 0.1) is 5.82 Å². The Morgan fingerprint density at radius 3 is 2.42 bits per heavy atom. The van der Waals surface area contributed by atoms with Crippen LogP contribution in [0.1, 0.15) is 56.5 Å². The lowest BCUT2D eigenvalue weighted by molar-refractivity contribution is 0.118. The Morgan fingerprint density at radius 2 is 1.83 bits per heavy atom. The van der Waals surface area contributed by atoms with Gasteiger partial charge in [-0.15, -0.1) is 0 Å². The zero-order valence-corrected chi connectivity index (χ0v) is 23.1. The van der Waals surface area contributed by atoms with Crippen molar-refractivity contribution in [1.82, 2.24) is 25.6 Å². The van der Waals surface area contributed by atoms with Crippen LogP contribution >= 0.6 is 0 Å². The second kappa shape index (κ2) is 11.8. The van der Waals surface area contributed by atoms with Crippen molar-refractivity contribution < 1.29 is 4.39 Å². The van der Waals surface area contributed by atoms with Crippen LogP contribution in [-0.2, 0) is 6.42 Å². The molecule has 3 N–H and O–H groups in total. The number of anilines is 1. The first-order chi connectivity index (χ1) is 17.2. The molecule has 4 rings (SSSR count). The molecule has 198 valence electrons. The molecule has 3 aliphatic rings. The summed E-state index contributed by atoms with van der Waals surface area (Å²) in [6.07, 6.45) is 3.73. The van der Waals surface area contributed by atoms with Gasteiger partial charge in [0.15, 0.2) is 0 Å². The van der Waals surface area contributed by atoms with Gasteiger partial charge in [-0.25, -0.2) is 9.40 Å². The Bertz CT molecular complexity index is 1040. The number of aryl methyl sites for hydroxylation is 1. The highest BCUT2D eigenvalue weighted by molar-refractivity contribution is 6.09. The molecule has 0 radical (unpaired) electrons. The number of fused-ring (bicyclic) bond motifs is 1. The van der Waals surface area contributed by atoms with Crippen LogP contribution in [0.3, 0.4) is 0 Å². The number of rotatable bonds is 6. The molecular formula is C28H44FN7. The van der Waals surface area contributed by atoms with Crippen molar-refractivity contribution in [3.8, 4) is 0 Å². The standard InChI is InChI=1S/C26H38FN7.C2H6/c1-17(27)21-13-25-19(12-22(21)20-14-31(5)32(6)15-20)8-7-10-34(25)26(28)23-16-33(18(2)29-3)11-9-24(23)30-4;1-2/h12-14,17,28-30H,2,7-11,15-16H2,1,3-6H3;1-2H3. The van der Waals surface area contributed by atoms with Crippen LogP contribution in [0.4, 0.5) is 10.1 Å². The second-order valence-corrected chi connectivity index (χ2v) is 9.41. The van der Waals surface area contributed by atoms with Crippen molar-refractivity contribution in [2.45, 2.75) is 46.2 Å². The molecule has 1 unspecified atom stereocenters. The zero-order chi connectivity index (χ0) is 26.6. The SMILES string of the molecule is C=C(NC)N1CCC(NC)=C(C(=N)N2CCCc3cc(C4=CN(C)N(C)C4)c(C(C)F)cc32)C1.CC. The largest absolute Gasteiger partial charge is 0.391 e. The van der Waals surface area contributed by atoms with E-state index in [0.717, 1.165) is 72.8 Å². The molecule has 1 aromatic rings. The fraction of sp³-hybridized carbons (Fsp3) is 0.536. The molecule has 3 aliphatic heterocycles. The van der Waals surface area contributed by atoms with E-state index < -0.39 is 6.17 Å². The number of hydrazine groups is 1. The number of nitrogens with one attached hydrogen (secondary N) is 3. The molecule has 0 saturated heterocycles. The zero-order valence-electron chi connectivity index (χ0n) is 23.1. The maximum absolute atomic E-state index is 14.9. The lowest BCUT2D eigenvalue weighted by Crippen LogP contribution is -2.44. The summed E-state index contributed by atoms with van der Waals surface area (Å²) in [7, 11) is 7.84. The van der Waals surface area contributed by atoms with E-state index in [-0.39, 0.29) is 0 Å². The molecule has 1 aromatic carbocycles. The van der Waals surface area contributed by atoms with Crippen LogP contribution in [0, 0.1) is 5.41 Å². The van der Waals surface area contributed by atoms with E-state index in [1.54, 1.807) is 6.92 Å². The van der Waals surface area contributed by atoms with Gasteiger partial charge in [0.2, 0.25) is 0 Å². The highest BCUT2D eigenvalue weighted by Gasteiger charge is 2.30. The van der Waals surface area contributed by atoms with Crippen molar-refractivity contribution in [2.24, 2.45) is 0 Å². The predicted molar refractivity (Wildman–Crippen MR) is 150 cm³/mol. The van der Waals surface area contributed by atoms with E-state index >= 15 is 0 Å². The van der Waals surface area contributed by atoms with Gasteiger partial charge in [0, 0.05) is 83.9 Å². The summed E-state index contributed by atoms with van der Waals surface area (Å²) in [5.41, 5.74) is 7.04. The summed E-state index contributed by atoms with van der Waals surface area (Å²) >= 11 is 0. The fourth-order valence-electron chi connectivity index (χ4n) is 5.17. The van der Waals surface area contributed by atoms with E-state index in [4.69, 9.17) is 0 Å². The van der Waals surface area contributed by atoms with Gasteiger partial charge in [-0.3, -0.25) is 5.41 Å². The van der Waals surface area contributed by atoms with Gasteiger partial charge in [0.1, 0.15) is 12.0 Å². The van der Waals surface area contributed by atoms with Gasteiger partial charge >= 0.3 is 0 Å². The van der Waals surface area contributed by atoms with Crippen molar-refractivity contribution in [1.29, 1.82) is 5.41 Å². The highest BCUT2D eigenvalue weighted by atomic mass is 19.1. The molecule has 0 spiro atoms. The quantitative estimate of drug-likeness (QED) is 0.398. The summed E-state index contributed by atoms with van der Waals surface area (Å²) in [6, 6.07) is 4.16. The number of alkyl halides is 1. The Labute approximate surface area is 216 Å². The molecule has 0 saturated carbocycles. The van der Waals surface area contributed by atoms with E-state index in [1.807, 2.05) is 53.1 Å². The number of amidine groups is 1. The molecule has 7 nitrogen and oxygen atoms in total. The van der Waals surface area contributed by atoms with Crippen molar-refractivity contribution >= 4 is 17.1 Å². The summed E-state index contributed by atoms with van der Waals surface area (Å²) < 4.78 is 14.9. The number of halogens is 1. The molecule has 0 amide bonds. The van der Waals surface area contributed by atoms with Crippen LogP contribution in [0.2, 0.25) is 0 Å². The molecule has 0 aliphatic carbocycles. The molecule has 8 heteroatoms. The van der Waals surface area contributed by atoms with Crippen LogP contribution in [0.5, 0.6) is 0 Å². The second-order valence-electron chi connectivity index (χ2n) is 9.41. The molecule has 36 heavy (non-hydrogen) atoms. The Balaban J connectivity index is 0.00000176. The van der Waals surface area contributed by atoms with Gasteiger partial charge < -0.3 is 25.4 Å². The smallest absolute Gasteiger partial charge is 0.131 e. The average Bonchev–Trinajstić information content (AvgIpc) is 3.24. The maximum Gasteiger partial charge on any atom is 0.131 e. The van der Waals surface area contributed by atoms with Crippen LogP contribution in [-0.4, -0.2) is 75.1 Å². The van der Waals surface area contributed by atoms with Gasteiger partial charge in [-0.05, 0) is 54.2 Å². The normalized spacial score (nSPS) is 18.8. The Morgan fingerprint density at radius 1 is 1.11 bits per heavy atom. The first kappa shape index (κ1) is 27.6. The predicted octanol–water partition coefficient (Wildman–Crippen LogP) is 4.48. The minimum atomic E-state index is -1.09. The number of hydrogen-bond donors (Lipinski definition) is 3. The third-order valence-corrected chi connectivity index (χ3v) is 7.30. The lowest BCUT2D eigenvalue weighted by atomic mass is 9.90. The first-order valence-electron chi connectivity index (χ1n) is 13.1. The monoisotopic (exact) mass is 497 g/mol. The van der Waals surface area contributed by atoms with E-state index in [1.165, 1.54) is 5.56 Å². The lowest BCUT2D eigenvalue weighted by Gasteiger charge is -2.38. The van der Waals surface area contributed by atoms with E-state index in [2.05, 4.69) is 44.3 Å². The summed E-state index contributed by atoms with van der Waals surface area (Å²) in [6.45, 7) is 12.7. The van der Waals surface area contributed by atoms with Crippen LogP contribution in [0.25, 0.3) is 5.57 Å². The van der Waals surface area contributed by atoms with Crippen LogP contribution in [0.15, 0.2) is 42.0 Å². The van der Waals surface area contributed by atoms with Crippen molar-refractivity contribution in [3.63, 3.8) is 0 Å². The Kier molecular flexibility index (Phi) is 9.06. The van der Waals surface area contributed by atoms with Gasteiger partial charge in [-0.2, -0.15) is 0 Å². The van der Waals surface area contributed by atoms with Crippen molar-refractivity contribution in [2.75, 3.05) is 59.3 Å². The number of nitrogens with zero attached hydrogens (tertiary/aromatic N) is 4. The highest BCUT2D eigenvalue weighted by Crippen LogP contribution is 2.38. The maximum atomic E-state index is 14.9. The molecule has 0 aromatic heterocycles. The van der Waals surface area contributed by atoms with E-state index in [0.29, 0.717) is 17.9 Å². The first-order valence-corrected chi connectivity index (χ1v) is 13.1. The summed E-state index contributed by atoms with van der Waals surface area (Å²) in [5.74, 6) is 1.35. The minimum Gasteiger partial charge on any atom is -0.391 e. The average molecular weight is 498 g/mol. The fourth-order valence-corrected chi connectivity index (χ4v) is 5.17. The molecule has 1 atom stereocenters. The summed E-state index contributed by atoms with van der Waals surface area (Å²) in [5, 5.41) is 19.8.